The first-order chi connectivity index (χ1) is 13.6. The van der Waals surface area contributed by atoms with Crippen LogP contribution in [0.3, 0.4) is 0 Å². The number of hydrogen-bond acceptors (Lipinski definition) is 6. The Morgan fingerprint density at radius 3 is 2.54 bits per heavy atom. The Morgan fingerprint density at radius 1 is 1.11 bits per heavy atom. The smallest absolute Gasteiger partial charge is 0.173 e. The van der Waals surface area contributed by atoms with Crippen molar-refractivity contribution >= 4 is 17.5 Å². The van der Waals surface area contributed by atoms with E-state index in [1.807, 2.05) is 28.8 Å². The second kappa shape index (κ2) is 9.43. The maximum absolute atomic E-state index is 12.5. The highest BCUT2D eigenvalue weighted by Gasteiger charge is 2.14. The van der Waals surface area contributed by atoms with Gasteiger partial charge >= 0.3 is 0 Å². The van der Waals surface area contributed by atoms with Crippen LogP contribution in [0.4, 0.5) is 0 Å². The monoisotopic (exact) mass is 398 g/mol. The first-order valence-electron chi connectivity index (χ1n) is 8.73. The molecule has 28 heavy (non-hydrogen) atoms. The second-order valence-electron chi connectivity index (χ2n) is 6.07. The number of imidazole rings is 1. The topological polar surface area (TPSA) is 73.6 Å². The number of ether oxygens (including phenoxy) is 2. The molecule has 0 spiro atoms. The number of Topliss-reactive ketones (excluding diaryl/α,β-unsaturated/α-hetero) is 1. The zero-order valence-electron chi connectivity index (χ0n) is 15.8. The summed E-state index contributed by atoms with van der Waals surface area (Å²) in [5.74, 6) is 1.68. The molecule has 3 aromatic rings. The molecule has 0 radical (unpaired) electrons. The van der Waals surface area contributed by atoms with Crippen molar-refractivity contribution in [1.82, 2.24) is 9.55 Å². The van der Waals surface area contributed by atoms with Gasteiger partial charge in [-0.05, 0) is 29.8 Å². The van der Waals surface area contributed by atoms with Gasteiger partial charge in [0.2, 0.25) is 0 Å². The van der Waals surface area contributed by atoms with Gasteiger partial charge in [-0.2, -0.15) is 0 Å². The molecule has 3 rings (SSSR count). The van der Waals surface area contributed by atoms with Crippen molar-refractivity contribution in [2.75, 3.05) is 20.0 Å². The summed E-state index contributed by atoms with van der Waals surface area (Å²) in [6, 6.07) is 14.8. The van der Waals surface area contributed by atoms with Crippen LogP contribution in [-0.2, 0) is 13.2 Å². The molecule has 0 unspecified atom stereocenters. The average molecular weight is 398 g/mol. The van der Waals surface area contributed by atoms with E-state index in [1.54, 1.807) is 44.7 Å². The van der Waals surface area contributed by atoms with Crippen LogP contribution in [-0.4, -0.2) is 40.4 Å². The number of ketones is 1. The van der Waals surface area contributed by atoms with E-state index in [9.17, 15) is 9.90 Å². The van der Waals surface area contributed by atoms with Crippen molar-refractivity contribution in [2.24, 2.45) is 0 Å². The number of thioether (sulfide) groups is 1. The van der Waals surface area contributed by atoms with Crippen LogP contribution >= 0.6 is 11.8 Å². The minimum atomic E-state index is -0.118. The Morgan fingerprint density at radius 2 is 1.86 bits per heavy atom. The molecule has 146 valence electrons. The van der Waals surface area contributed by atoms with Crippen molar-refractivity contribution in [3.8, 4) is 11.5 Å². The van der Waals surface area contributed by atoms with Crippen molar-refractivity contribution in [3.05, 3.63) is 71.5 Å². The van der Waals surface area contributed by atoms with E-state index < -0.39 is 0 Å². The van der Waals surface area contributed by atoms with Crippen LogP contribution < -0.4 is 9.47 Å². The molecule has 0 saturated carbocycles. The molecule has 7 heteroatoms. The molecule has 0 bridgehead atoms. The molecule has 2 aromatic carbocycles. The zero-order chi connectivity index (χ0) is 19.9. The van der Waals surface area contributed by atoms with Crippen LogP contribution in [0.2, 0.25) is 0 Å². The normalized spacial score (nSPS) is 10.7. The summed E-state index contributed by atoms with van der Waals surface area (Å²) in [5, 5.41) is 10.3. The van der Waals surface area contributed by atoms with Crippen molar-refractivity contribution in [1.29, 1.82) is 0 Å². The quantitative estimate of drug-likeness (QED) is 0.440. The van der Waals surface area contributed by atoms with E-state index in [0.29, 0.717) is 28.7 Å². The number of carbonyl (C=O) groups is 1. The number of rotatable bonds is 9. The molecule has 1 aromatic heterocycles. The molecule has 0 amide bonds. The number of nitrogens with zero attached hydrogens (tertiary/aromatic N) is 2. The maximum Gasteiger partial charge on any atom is 0.173 e. The lowest BCUT2D eigenvalue weighted by atomic mass is 10.1. The lowest BCUT2D eigenvalue weighted by molar-refractivity contribution is 0.102. The molecule has 0 aliphatic carbocycles. The van der Waals surface area contributed by atoms with Gasteiger partial charge in [-0.25, -0.2) is 4.98 Å². The lowest BCUT2D eigenvalue weighted by Gasteiger charge is -2.11. The van der Waals surface area contributed by atoms with Crippen molar-refractivity contribution < 1.29 is 19.4 Å². The fraction of sp³-hybridized carbons (Fsp3) is 0.238. The first-order valence-corrected chi connectivity index (χ1v) is 9.71. The Balaban J connectivity index is 1.73. The summed E-state index contributed by atoms with van der Waals surface area (Å²) < 4.78 is 12.3. The van der Waals surface area contributed by atoms with Crippen molar-refractivity contribution in [3.63, 3.8) is 0 Å². The van der Waals surface area contributed by atoms with Gasteiger partial charge in [-0.3, -0.25) is 4.79 Å². The highest BCUT2D eigenvalue weighted by Crippen LogP contribution is 2.23. The highest BCUT2D eigenvalue weighted by atomic mass is 32.2. The summed E-state index contributed by atoms with van der Waals surface area (Å²) in [7, 11) is 3.20. The van der Waals surface area contributed by atoms with Gasteiger partial charge in [0.05, 0.1) is 38.5 Å². The lowest BCUT2D eigenvalue weighted by Crippen LogP contribution is -2.08. The van der Waals surface area contributed by atoms with Gasteiger partial charge in [0.25, 0.3) is 0 Å². The van der Waals surface area contributed by atoms with E-state index in [2.05, 4.69) is 4.98 Å². The molecular formula is C21H22N2O4S. The molecule has 0 aliphatic heterocycles. The zero-order valence-corrected chi connectivity index (χ0v) is 16.6. The Hall–Kier alpha value is -2.77. The Bertz CT molecular complexity index is 938. The number of methoxy groups -OCH3 is 2. The third-order valence-corrected chi connectivity index (χ3v) is 5.28. The fourth-order valence-corrected chi connectivity index (χ4v) is 3.62. The summed E-state index contributed by atoms with van der Waals surface area (Å²) >= 11 is 1.35. The fourth-order valence-electron chi connectivity index (χ4n) is 2.73. The largest absolute Gasteiger partial charge is 0.497 e. The van der Waals surface area contributed by atoms with E-state index >= 15 is 0 Å². The second-order valence-corrected chi connectivity index (χ2v) is 7.01. The number of aliphatic hydroxyl groups excluding tert-OH is 1. The third kappa shape index (κ3) is 4.74. The Kier molecular flexibility index (Phi) is 6.73. The molecule has 0 atom stereocenters. The predicted molar refractivity (Wildman–Crippen MR) is 108 cm³/mol. The molecule has 0 aliphatic rings. The van der Waals surface area contributed by atoms with E-state index in [0.717, 1.165) is 11.3 Å². The van der Waals surface area contributed by atoms with Gasteiger partial charge in [0.15, 0.2) is 10.9 Å². The number of hydrogen-bond donors (Lipinski definition) is 1. The SMILES string of the molecule is COc1ccc(Cn2c(CO)cnc2SCC(=O)c2cccc(OC)c2)cc1. The van der Waals surface area contributed by atoms with Crippen molar-refractivity contribution in [2.45, 2.75) is 18.3 Å². The number of aliphatic hydroxyl groups is 1. The van der Waals surface area contributed by atoms with E-state index in [-0.39, 0.29) is 18.1 Å². The van der Waals surface area contributed by atoms with Crippen LogP contribution in [0.1, 0.15) is 21.6 Å². The average Bonchev–Trinajstić information content (AvgIpc) is 3.14. The highest BCUT2D eigenvalue weighted by molar-refractivity contribution is 7.99. The van der Waals surface area contributed by atoms with Crippen LogP contribution in [0.5, 0.6) is 11.5 Å². The predicted octanol–water partition coefficient (Wildman–Crippen LogP) is 3.42. The number of aromatic nitrogens is 2. The summed E-state index contributed by atoms with van der Waals surface area (Å²) in [5.41, 5.74) is 2.35. The van der Waals surface area contributed by atoms with Crippen LogP contribution in [0.25, 0.3) is 0 Å². The van der Waals surface area contributed by atoms with Gasteiger partial charge in [0.1, 0.15) is 11.5 Å². The van der Waals surface area contributed by atoms with Gasteiger partial charge in [-0.15, -0.1) is 0 Å². The Labute approximate surface area is 168 Å². The van der Waals surface area contributed by atoms with Crippen LogP contribution in [0, 0.1) is 0 Å². The molecule has 0 fully saturated rings. The summed E-state index contributed by atoms with van der Waals surface area (Å²) in [4.78, 5) is 16.9. The molecular weight excluding hydrogens is 376 g/mol. The van der Waals surface area contributed by atoms with E-state index in [4.69, 9.17) is 9.47 Å². The van der Waals surface area contributed by atoms with Crippen LogP contribution in [0.15, 0.2) is 59.9 Å². The minimum absolute atomic E-state index is 0.00607. The molecule has 1 N–H and O–H groups in total. The van der Waals surface area contributed by atoms with Gasteiger partial charge in [0, 0.05) is 12.1 Å². The van der Waals surface area contributed by atoms with E-state index in [1.165, 1.54) is 11.8 Å². The number of carbonyl (C=O) groups excluding carboxylic acids is 1. The first kappa shape index (κ1) is 20.0. The standard InChI is InChI=1S/C21H22N2O4S/c1-26-18-8-6-15(7-9-18)12-23-17(13-24)11-22-21(23)28-14-20(25)16-4-3-5-19(10-16)27-2/h3-11,24H,12-14H2,1-2H3. The molecule has 6 nitrogen and oxygen atoms in total. The van der Waals surface area contributed by atoms with Gasteiger partial charge < -0.3 is 19.1 Å². The third-order valence-electron chi connectivity index (χ3n) is 4.29. The molecule has 1 heterocycles. The van der Waals surface area contributed by atoms with Gasteiger partial charge in [-0.1, -0.05) is 36.0 Å². The maximum atomic E-state index is 12.5. The number of benzene rings is 2. The minimum Gasteiger partial charge on any atom is -0.497 e. The summed E-state index contributed by atoms with van der Waals surface area (Å²) in [6.45, 7) is 0.434. The summed E-state index contributed by atoms with van der Waals surface area (Å²) in [6.07, 6.45) is 1.64. The molecule has 0 saturated heterocycles.